The lowest BCUT2D eigenvalue weighted by Gasteiger charge is -2.62. The average Bonchev–Trinajstić information content (AvgIpc) is 2.92. The van der Waals surface area contributed by atoms with Gasteiger partial charge in [-0.1, -0.05) is 13.8 Å². The van der Waals surface area contributed by atoms with Gasteiger partial charge in [-0.05, 0) is 98.4 Å². The normalized spacial score (nSPS) is 51.7. The van der Waals surface area contributed by atoms with E-state index < -0.39 is 0 Å². The standard InChI is InChI=1S/C22H34OS2/c1-20-10-11-22(24-12-3-13-25-22)14-15(20)4-5-16-17-6-7-19(23)21(17,2)9-8-18(16)20/h15-18H,3-14H2,1-2H3. The lowest BCUT2D eigenvalue weighted by Crippen LogP contribution is -2.55. The Morgan fingerprint density at radius 3 is 2.52 bits per heavy atom. The Balaban J connectivity index is 1.40. The number of rotatable bonds is 0. The van der Waals surface area contributed by atoms with Crippen molar-refractivity contribution in [3.63, 3.8) is 0 Å². The molecule has 0 bridgehead atoms. The Hall–Kier alpha value is 0.370. The first-order chi connectivity index (χ1) is 12.0. The molecule has 0 aromatic rings. The molecule has 6 atom stereocenters. The summed E-state index contributed by atoms with van der Waals surface area (Å²) in [6.45, 7) is 4.99. The molecule has 1 heterocycles. The molecule has 0 amide bonds. The average molecular weight is 379 g/mol. The van der Waals surface area contributed by atoms with E-state index in [1.165, 1.54) is 69.3 Å². The van der Waals surface area contributed by atoms with Gasteiger partial charge < -0.3 is 0 Å². The SMILES string of the molecule is CC12CCC3C(CCC4CC5(CCC43C)SCCCS5)C1CCC2=O. The van der Waals surface area contributed by atoms with E-state index in [0.717, 1.165) is 24.2 Å². The number of fused-ring (bicyclic) bond motifs is 5. The highest BCUT2D eigenvalue weighted by atomic mass is 32.2. The van der Waals surface area contributed by atoms with Crippen molar-refractivity contribution < 1.29 is 4.79 Å². The van der Waals surface area contributed by atoms with Crippen LogP contribution in [0.4, 0.5) is 0 Å². The van der Waals surface area contributed by atoms with Gasteiger partial charge in [-0.15, -0.1) is 23.5 Å². The van der Waals surface area contributed by atoms with E-state index in [2.05, 4.69) is 37.4 Å². The molecule has 1 aliphatic heterocycles. The second-order valence-corrected chi connectivity index (χ2v) is 13.5. The van der Waals surface area contributed by atoms with Crippen molar-refractivity contribution in [2.45, 2.75) is 82.1 Å². The fraction of sp³-hybridized carbons (Fsp3) is 0.955. The van der Waals surface area contributed by atoms with Crippen LogP contribution in [-0.4, -0.2) is 21.4 Å². The van der Waals surface area contributed by atoms with E-state index in [9.17, 15) is 4.79 Å². The van der Waals surface area contributed by atoms with Crippen LogP contribution in [0.2, 0.25) is 0 Å². The molecule has 5 aliphatic rings. The van der Waals surface area contributed by atoms with Crippen LogP contribution in [0.5, 0.6) is 0 Å². The molecule has 25 heavy (non-hydrogen) atoms. The molecule has 1 spiro atoms. The first-order valence-corrected chi connectivity index (χ1v) is 12.8. The van der Waals surface area contributed by atoms with Crippen LogP contribution in [0.3, 0.4) is 0 Å². The molecule has 1 nitrogen and oxygen atoms in total. The molecule has 5 rings (SSSR count). The summed E-state index contributed by atoms with van der Waals surface area (Å²) in [6, 6.07) is 0. The van der Waals surface area contributed by atoms with Crippen molar-refractivity contribution in [1.29, 1.82) is 0 Å². The highest BCUT2D eigenvalue weighted by Gasteiger charge is 2.61. The summed E-state index contributed by atoms with van der Waals surface area (Å²) in [4.78, 5) is 12.6. The van der Waals surface area contributed by atoms with Crippen molar-refractivity contribution in [2.75, 3.05) is 11.5 Å². The Morgan fingerprint density at radius 2 is 1.72 bits per heavy atom. The molecule has 140 valence electrons. The van der Waals surface area contributed by atoms with Crippen molar-refractivity contribution in [3.05, 3.63) is 0 Å². The minimum Gasteiger partial charge on any atom is -0.299 e. The molecule has 0 aromatic carbocycles. The second kappa shape index (κ2) is 5.93. The molecule has 0 aromatic heterocycles. The number of carbonyl (C=O) groups excluding carboxylic acids is 1. The highest BCUT2D eigenvalue weighted by molar-refractivity contribution is 8.18. The van der Waals surface area contributed by atoms with Crippen LogP contribution in [0.15, 0.2) is 0 Å². The monoisotopic (exact) mass is 378 g/mol. The zero-order chi connectivity index (χ0) is 17.3. The molecule has 5 fully saturated rings. The van der Waals surface area contributed by atoms with Gasteiger partial charge in [0.25, 0.3) is 0 Å². The van der Waals surface area contributed by atoms with Crippen LogP contribution < -0.4 is 0 Å². The summed E-state index contributed by atoms with van der Waals surface area (Å²) in [5.41, 5.74) is 0.620. The zero-order valence-corrected chi connectivity index (χ0v) is 17.7. The van der Waals surface area contributed by atoms with Crippen molar-refractivity contribution in [3.8, 4) is 0 Å². The van der Waals surface area contributed by atoms with E-state index in [1.54, 1.807) is 0 Å². The third-order valence-electron chi connectivity index (χ3n) is 9.40. The lowest BCUT2D eigenvalue weighted by molar-refractivity contribution is -0.138. The topological polar surface area (TPSA) is 17.1 Å². The molecule has 0 radical (unpaired) electrons. The number of Topliss-reactive ketones (excluding diaryl/α,β-unsaturated/α-hetero) is 1. The molecule has 6 unspecified atom stereocenters. The van der Waals surface area contributed by atoms with E-state index in [1.807, 2.05) is 0 Å². The summed E-state index contributed by atoms with van der Waals surface area (Å²) in [5, 5.41) is 0. The maximum atomic E-state index is 12.6. The molecule has 4 saturated carbocycles. The smallest absolute Gasteiger partial charge is 0.139 e. The maximum absolute atomic E-state index is 12.6. The number of carbonyl (C=O) groups is 1. The van der Waals surface area contributed by atoms with E-state index in [0.29, 0.717) is 21.2 Å². The molecule has 4 aliphatic carbocycles. The minimum absolute atomic E-state index is 0.0509. The number of ketones is 1. The van der Waals surface area contributed by atoms with Gasteiger partial charge in [-0.2, -0.15) is 0 Å². The molecule has 1 saturated heterocycles. The largest absolute Gasteiger partial charge is 0.299 e. The third kappa shape index (κ3) is 2.46. The summed E-state index contributed by atoms with van der Waals surface area (Å²) < 4.78 is 0.571. The molecule has 0 N–H and O–H groups in total. The van der Waals surface area contributed by atoms with Gasteiger partial charge in [-0.3, -0.25) is 4.79 Å². The van der Waals surface area contributed by atoms with Crippen LogP contribution >= 0.6 is 23.5 Å². The van der Waals surface area contributed by atoms with Gasteiger partial charge in [0.1, 0.15) is 5.78 Å². The van der Waals surface area contributed by atoms with Gasteiger partial charge in [0.05, 0.1) is 4.08 Å². The number of hydrogen-bond acceptors (Lipinski definition) is 3. The Labute approximate surface area is 162 Å². The fourth-order valence-corrected chi connectivity index (χ4v) is 11.3. The van der Waals surface area contributed by atoms with Gasteiger partial charge in [0, 0.05) is 11.8 Å². The Morgan fingerprint density at radius 1 is 0.920 bits per heavy atom. The van der Waals surface area contributed by atoms with Crippen LogP contribution in [0.1, 0.15) is 78.1 Å². The van der Waals surface area contributed by atoms with Gasteiger partial charge in [0.2, 0.25) is 0 Å². The summed E-state index contributed by atoms with van der Waals surface area (Å²) in [7, 11) is 0. The number of thioether (sulfide) groups is 2. The predicted octanol–water partition coefficient (Wildman–Crippen LogP) is 6.16. The van der Waals surface area contributed by atoms with Crippen molar-refractivity contribution >= 4 is 29.3 Å². The number of hydrogen-bond donors (Lipinski definition) is 0. The van der Waals surface area contributed by atoms with Crippen molar-refractivity contribution in [1.82, 2.24) is 0 Å². The Bertz CT molecular complexity index is 568. The maximum Gasteiger partial charge on any atom is 0.139 e. The van der Waals surface area contributed by atoms with E-state index in [4.69, 9.17) is 0 Å². The first-order valence-electron chi connectivity index (χ1n) is 10.8. The summed E-state index contributed by atoms with van der Waals surface area (Å²) in [5.74, 6) is 6.81. The van der Waals surface area contributed by atoms with Crippen LogP contribution in [-0.2, 0) is 4.79 Å². The molecule has 3 heteroatoms. The minimum atomic E-state index is 0.0509. The second-order valence-electron chi connectivity index (χ2n) is 10.2. The summed E-state index contributed by atoms with van der Waals surface area (Å²) in [6.07, 6.45) is 13.3. The lowest BCUT2D eigenvalue weighted by atomic mass is 9.45. The van der Waals surface area contributed by atoms with Crippen molar-refractivity contribution in [2.24, 2.45) is 34.5 Å². The molecular weight excluding hydrogens is 344 g/mol. The van der Waals surface area contributed by atoms with Gasteiger partial charge >= 0.3 is 0 Å². The highest BCUT2D eigenvalue weighted by Crippen LogP contribution is 2.68. The van der Waals surface area contributed by atoms with Crippen LogP contribution in [0.25, 0.3) is 0 Å². The predicted molar refractivity (Wildman–Crippen MR) is 109 cm³/mol. The third-order valence-corrected chi connectivity index (χ3v) is 12.9. The quantitative estimate of drug-likeness (QED) is 0.502. The fourth-order valence-electron chi connectivity index (χ4n) is 7.85. The Kier molecular flexibility index (Phi) is 4.14. The van der Waals surface area contributed by atoms with E-state index >= 15 is 0 Å². The zero-order valence-electron chi connectivity index (χ0n) is 16.0. The van der Waals surface area contributed by atoms with Gasteiger partial charge in [-0.25, -0.2) is 0 Å². The van der Waals surface area contributed by atoms with Crippen LogP contribution in [0, 0.1) is 34.5 Å². The first kappa shape index (κ1) is 17.5. The summed E-state index contributed by atoms with van der Waals surface area (Å²) >= 11 is 4.61. The van der Waals surface area contributed by atoms with E-state index in [-0.39, 0.29) is 5.41 Å². The van der Waals surface area contributed by atoms with Gasteiger partial charge in [0.15, 0.2) is 0 Å². The molecular formula is C22H34OS2.